The van der Waals surface area contributed by atoms with E-state index in [2.05, 4.69) is 21.5 Å². The van der Waals surface area contributed by atoms with Crippen molar-refractivity contribution in [2.24, 2.45) is 0 Å². The summed E-state index contributed by atoms with van der Waals surface area (Å²) in [7, 11) is 1.55. The van der Waals surface area contributed by atoms with Gasteiger partial charge in [-0.1, -0.05) is 0 Å². The number of amides is 1. The van der Waals surface area contributed by atoms with Crippen molar-refractivity contribution in [2.75, 3.05) is 20.3 Å². The van der Waals surface area contributed by atoms with E-state index < -0.39 is 0 Å². The predicted molar refractivity (Wildman–Crippen MR) is 120 cm³/mol. The van der Waals surface area contributed by atoms with Gasteiger partial charge in [0.15, 0.2) is 5.65 Å². The van der Waals surface area contributed by atoms with Gasteiger partial charge >= 0.3 is 0 Å². The van der Waals surface area contributed by atoms with Crippen LogP contribution in [0.1, 0.15) is 22.3 Å². The van der Waals surface area contributed by atoms with Crippen LogP contribution in [0.4, 0.5) is 0 Å². The Morgan fingerprint density at radius 3 is 2.82 bits per heavy atom. The first-order chi connectivity index (χ1) is 16.2. The standard InChI is InChI=1S/C24H20N6O3/c1-26-23(31)18-9-15(11-25)8-17(10-18)20-12-28-30-13-21(16-2-5-27-6-3-16)24(29-22(20)30)33-19-4-7-32-14-19/h2-3,5-6,8-10,12-13,19H,4,7,14H2,1H3,(H,26,31). The number of carbonyl (C=O) groups is 1. The number of benzene rings is 1. The van der Waals surface area contributed by atoms with Crippen molar-refractivity contribution in [3.8, 4) is 34.2 Å². The molecule has 33 heavy (non-hydrogen) atoms. The smallest absolute Gasteiger partial charge is 0.251 e. The molecule has 0 bridgehead atoms. The van der Waals surface area contributed by atoms with E-state index >= 15 is 0 Å². The van der Waals surface area contributed by atoms with E-state index in [4.69, 9.17) is 14.5 Å². The van der Waals surface area contributed by atoms with Crippen LogP contribution in [0, 0.1) is 11.3 Å². The van der Waals surface area contributed by atoms with Crippen LogP contribution in [0.3, 0.4) is 0 Å². The van der Waals surface area contributed by atoms with Gasteiger partial charge in [-0.3, -0.25) is 9.78 Å². The summed E-state index contributed by atoms with van der Waals surface area (Å²) in [6.07, 6.45) is 7.66. The van der Waals surface area contributed by atoms with Crippen LogP contribution < -0.4 is 10.1 Å². The van der Waals surface area contributed by atoms with Crippen molar-refractivity contribution in [3.63, 3.8) is 0 Å². The van der Waals surface area contributed by atoms with Gasteiger partial charge in [0.25, 0.3) is 5.91 Å². The first kappa shape index (κ1) is 20.6. The lowest BCUT2D eigenvalue weighted by atomic mass is 10.0. The third-order valence-corrected chi connectivity index (χ3v) is 5.48. The molecule has 1 fully saturated rings. The molecule has 0 aliphatic carbocycles. The van der Waals surface area contributed by atoms with Gasteiger partial charge in [-0.05, 0) is 41.5 Å². The maximum Gasteiger partial charge on any atom is 0.251 e. The second kappa shape index (κ2) is 8.68. The molecule has 1 atom stereocenters. The largest absolute Gasteiger partial charge is 0.471 e. The first-order valence-corrected chi connectivity index (χ1v) is 10.5. The number of pyridine rings is 1. The third-order valence-electron chi connectivity index (χ3n) is 5.48. The summed E-state index contributed by atoms with van der Waals surface area (Å²) in [6.45, 7) is 1.16. The number of nitriles is 1. The molecule has 9 heteroatoms. The van der Waals surface area contributed by atoms with Gasteiger partial charge in [-0.2, -0.15) is 15.3 Å². The quantitative estimate of drug-likeness (QED) is 0.507. The Morgan fingerprint density at radius 2 is 2.09 bits per heavy atom. The van der Waals surface area contributed by atoms with Crippen LogP contribution in [0.25, 0.3) is 27.9 Å². The van der Waals surface area contributed by atoms with Crippen molar-refractivity contribution < 1.29 is 14.3 Å². The van der Waals surface area contributed by atoms with Crippen LogP contribution in [-0.4, -0.2) is 51.9 Å². The van der Waals surface area contributed by atoms with Gasteiger partial charge in [-0.25, -0.2) is 4.52 Å². The topological polar surface area (TPSA) is 114 Å². The van der Waals surface area contributed by atoms with E-state index in [-0.39, 0.29) is 12.0 Å². The molecule has 1 aliphatic heterocycles. The molecule has 4 heterocycles. The highest BCUT2D eigenvalue weighted by atomic mass is 16.5. The van der Waals surface area contributed by atoms with E-state index in [1.807, 2.05) is 18.3 Å². The fraction of sp³-hybridized carbons (Fsp3) is 0.208. The summed E-state index contributed by atoms with van der Waals surface area (Å²) in [6, 6.07) is 10.9. The zero-order chi connectivity index (χ0) is 22.8. The number of ether oxygens (including phenoxy) is 2. The SMILES string of the molecule is CNC(=O)c1cc(C#N)cc(-c2cnn3cc(-c4ccncc4)c(OC4CCOC4)nc23)c1. The lowest BCUT2D eigenvalue weighted by molar-refractivity contribution is 0.0963. The Labute approximate surface area is 189 Å². The lowest BCUT2D eigenvalue weighted by Crippen LogP contribution is -2.18. The van der Waals surface area contributed by atoms with E-state index in [9.17, 15) is 10.1 Å². The van der Waals surface area contributed by atoms with Crippen LogP contribution >= 0.6 is 0 Å². The average molecular weight is 440 g/mol. The summed E-state index contributed by atoms with van der Waals surface area (Å²) in [4.78, 5) is 21.1. The first-order valence-electron chi connectivity index (χ1n) is 10.5. The Bertz CT molecular complexity index is 1370. The summed E-state index contributed by atoms with van der Waals surface area (Å²) < 4.78 is 13.4. The second-order valence-electron chi connectivity index (χ2n) is 7.62. The molecule has 4 aromatic rings. The molecule has 3 aromatic heterocycles. The van der Waals surface area contributed by atoms with Gasteiger partial charge < -0.3 is 14.8 Å². The molecular weight excluding hydrogens is 420 g/mol. The highest BCUT2D eigenvalue weighted by Crippen LogP contribution is 2.33. The monoisotopic (exact) mass is 440 g/mol. The van der Waals surface area contributed by atoms with Crippen LogP contribution in [0.2, 0.25) is 0 Å². The Balaban J connectivity index is 1.67. The zero-order valence-electron chi connectivity index (χ0n) is 17.9. The van der Waals surface area contributed by atoms with Gasteiger partial charge in [0.05, 0.1) is 36.6 Å². The summed E-state index contributed by atoms with van der Waals surface area (Å²) in [5.41, 5.74) is 4.35. The molecule has 1 aromatic carbocycles. The van der Waals surface area contributed by atoms with Crippen molar-refractivity contribution in [2.45, 2.75) is 12.5 Å². The van der Waals surface area contributed by atoms with Crippen LogP contribution in [0.15, 0.2) is 55.1 Å². The van der Waals surface area contributed by atoms with Crippen molar-refractivity contribution in [1.82, 2.24) is 24.9 Å². The Morgan fingerprint density at radius 1 is 1.24 bits per heavy atom. The summed E-state index contributed by atoms with van der Waals surface area (Å²) in [5, 5.41) is 16.5. The molecule has 164 valence electrons. The molecule has 9 nitrogen and oxygen atoms in total. The number of carbonyl (C=O) groups excluding carboxylic acids is 1. The van der Waals surface area contributed by atoms with Gasteiger partial charge in [0.2, 0.25) is 5.88 Å². The van der Waals surface area contributed by atoms with Gasteiger partial charge in [0, 0.05) is 43.2 Å². The fourth-order valence-corrected chi connectivity index (χ4v) is 3.81. The molecule has 1 aliphatic rings. The number of fused-ring (bicyclic) bond motifs is 1. The van der Waals surface area contributed by atoms with Gasteiger partial charge in [-0.15, -0.1) is 0 Å². The second-order valence-corrected chi connectivity index (χ2v) is 7.62. The minimum atomic E-state index is -0.275. The molecule has 1 amide bonds. The molecule has 1 saturated heterocycles. The predicted octanol–water partition coefficient (Wildman–Crippen LogP) is 2.86. The Kier molecular flexibility index (Phi) is 5.42. The van der Waals surface area contributed by atoms with Crippen molar-refractivity contribution >= 4 is 11.6 Å². The molecule has 1 N–H and O–H groups in total. The molecule has 5 rings (SSSR count). The zero-order valence-corrected chi connectivity index (χ0v) is 17.9. The van der Waals surface area contributed by atoms with E-state index in [1.165, 1.54) is 0 Å². The van der Waals surface area contributed by atoms with Crippen molar-refractivity contribution in [3.05, 3.63) is 66.2 Å². The number of hydrogen-bond acceptors (Lipinski definition) is 7. The number of hydrogen-bond donors (Lipinski definition) is 1. The maximum atomic E-state index is 12.2. The highest BCUT2D eigenvalue weighted by molar-refractivity contribution is 5.96. The van der Waals surface area contributed by atoms with Crippen LogP contribution in [-0.2, 0) is 4.74 Å². The summed E-state index contributed by atoms with van der Waals surface area (Å²) in [5.74, 6) is 0.192. The van der Waals surface area contributed by atoms with E-state index in [0.717, 1.165) is 17.5 Å². The third kappa shape index (κ3) is 4.00. The number of aromatic nitrogens is 4. The molecule has 0 saturated carbocycles. The highest BCUT2D eigenvalue weighted by Gasteiger charge is 2.22. The minimum absolute atomic E-state index is 0.0892. The number of nitrogens with zero attached hydrogens (tertiary/aromatic N) is 5. The lowest BCUT2D eigenvalue weighted by Gasteiger charge is -2.15. The average Bonchev–Trinajstić information content (AvgIpc) is 3.53. The van der Waals surface area contributed by atoms with E-state index in [0.29, 0.717) is 47.0 Å². The maximum absolute atomic E-state index is 12.2. The van der Waals surface area contributed by atoms with E-state index in [1.54, 1.807) is 48.4 Å². The molecular formula is C24H20N6O3. The number of rotatable bonds is 5. The summed E-state index contributed by atoms with van der Waals surface area (Å²) >= 11 is 0. The van der Waals surface area contributed by atoms with Crippen molar-refractivity contribution in [1.29, 1.82) is 5.26 Å². The molecule has 1 unspecified atom stereocenters. The fourth-order valence-electron chi connectivity index (χ4n) is 3.81. The molecule has 0 radical (unpaired) electrons. The van der Waals surface area contributed by atoms with Gasteiger partial charge in [0.1, 0.15) is 6.10 Å². The number of nitrogens with one attached hydrogen (secondary N) is 1. The minimum Gasteiger partial charge on any atom is -0.471 e. The molecule has 0 spiro atoms. The Hall–Kier alpha value is -4.29. The van der Waals surface area contributed by atoms with Crippen LogP contribution in [0.5, 0.6) is 5.88 Å². The normalized spacial score (nSPS) is 15.3.